The predicted molar refractivity (Wildman–Crippen MR) is 104 cm³/mol. The van der Waals surface area contributed by atoms with E-state index in [1.165, 1.54) is 12.8 Å². The second-order valence-electron chi connectivity index (χ2n) is 8.94. The van der Waals surface area contributed by atoms with Crippen molar-refractivity contribution in [3.8, 4) is 11.3 Å². The van der Waals surface area contributed by atoms with Crippen LogP contribution in [0.15, 0.2) is 36.5 Å². The summed E-state index contributed by atoms with van der Waals surface area (Å²) in [4.78, 5) is 15.4. The molecule has 1 aromatic carbocycles. The molecule has 4 rings (SSSR count). The number of aryl methyl sites for hydroxylation is 1. The van der Waals surface area contributed by atoms with Crippen LogP contribution in [-0.2, 0) is 7.05 Å². The Hall–Kier alpha value is -2.10. The molecule has 2 fully saturated rings. The lowest BCUT2D eigenvalue weighted by Gasteiger charge is -2.43. The number of carbonyl (C=O) groups excluding carboxylic acids is 1. The Morgan fingerprint density at radius 2 is 1.92 bits per heavy atom. The third-order valence-corrected chi connectivity index (χ3v) is 7.75. The molecule has 138 valence electrons. The Bertz CT molecular complexity index is 838. The third kappa shape index (κ3) is 2.20. The fourth-order valence-electron chi connectivity index (χ4n) is 5.61. The smallest absolute Gasteiger partial charge is 0.257 e. The minimum absolute atomic E-state index is 0.0894. The van der Waals surface area contributed by atoms with E-state index in [1.807, 2.05) is 54.0 Å². The zero-order valence-corrected chi connectivity index (χ0v) is 16.5. The van der Waals surface area contributed by atoms with Crippen molar-refractivity contribution in [2.24, 2.45) is 23.8 Å². The second-order valence-corrected chi connectivity index (χ2v) is 8.94. The van der Waals surface area contributed by atoms with E-state index in [1.54, 1.807) is 6.20 Å². The number of benzene rings is 1. The van der Waals surface area contributed by atoms with Crippen LogP contribution in [0.3, 0.4) is 0 Å². The van der Waals surface area contributed by atoms with E-state index in [9.17, 15) is 4.79 Å². The summed E-state index contributed by atoms with van der Waals surface area (Å²) in [5, 5.41) is 4.39. The van der Waals surface area contributed by atoms with E-state index in [0.717, 1.165) is 23.6 Å². The van der Waals surface area contributed by atoms with Gasteiger partial charge in [0.05, 0.1) is 17.5 Å². The first-order chi connectivity index (χ1) is 12.3. The van der Waals surface area contributed by atoms with Crippen molar-refractivity contribution >= 4 is 5.91 Å². The largest absolute Gasteiger partial charge is 0.338 e. The molecule has 0 spiro atoms. The molecule has 0 radical (unpaired) electrons. The molecule has 0 N–H and O–H groups in total. The molecule has 2 saturated carbocycles. The van der Waals surface area contributed by atoms with E-state index in [0.29, 0.717) is 17.0 Å². The lowest BCUT2D eigenvalue weighted by atomic mass is 9.69. The zero-order chi connectivity index (χ0) is 18.7. The Balaban J connectivity index is 1.68. The van der Waals surface area contributed by atoms with Crippen LogP contribution in [0.2, 0.25) is 0 Å². The summed E-state index contributed by atoms with van der Waals surface area (Å²) in [6.45, 7) is 7.17. The maximum absolute atomic E-state index is 13.4. The van der Waals surface area contributed by atoms with Crippen molar-refractivity contribution in [1.29, 1.82) is 0 Å². The van der Waals surface area contributed by atoms with Gasteiger partial charge in [0, 0.05) is 25.7 Å². The van der Waals surface area contributed by atoms with Gasteiger partial charge in [0.15, 0.2) is 0 Å². The molecule has 1 amide bonds. The van der Waals surface area contributed by atoms with Crippen LogP contribution in [-0.4, -0.2) is 33.7 Å². The van der Waals surface area contributed by atoms with Gasteiger partial charge in [-0.05, 0) is 36.0 Å². The number of nitrogens with zero attached hydrogens (tertiary/aromatic N) is 3. The maximum atomic E-state index is 13.4. The Labute approximate surface area is 156 Å². The molecule has 0 saturated heterocycles. The first kappa shape index (κ1) is 17.3. The van der Waals surface area contributed by atoms with Gasteiger partial charge in [-0.15, -0.1) is 0 Å². The number of hydrogen-bond acceptors (Lipinski definition) is 2. The minimum atomic E-state index is 0.0894. The van der Waals surface area contributed by atoms with Gasteiger partial charge in [-0.3, -0.25) is 9.48 Å². The molecule has 2 bridgehead atoms. The van der Waals surface area contributed by atoms with Crippen LogP contribution in [0.4, 0.5) is 0 Å². The quantitative estimate of drug-likeness (QED) is 0.823. The first-order valence-electron chi connectivity index (χ1n) is 9.62. The Morgan fingerprint density at radius 1 is 1.23 bits per heavy atom. The summed E-state index contributed by atoms with van der Waals surface area (Å²) < 4.78 is 1.81. The standard InChI is InChI=1S/C22H29N3O/c1-21(2)16-11-12-22(21,3)18(13-16)24(4)20(26)17-14-23-25(5)19(17)15-9-7-6-8-10-15/h6-10,14,16,18H,11-13H2,1-5H3/t16-,18+,22+/m1/s1. The highest BCUT2D eigenvalue weighted by Crippen LogP contribution is 2.66. The van der Waals surface area contributed by atoms with Crippen molar-refractivity contribution in [2.75, 3.05) is 7.05 Å². The molecule has 3 atom stereocenters. The van der Waals surface area contributed by atoms with Gasteiger partial charge in [0.2, 0.25) is 0 Å². The van der Waals surface area contributed by atoms with Gasteiger partial charge < -0.3 is 4.90 Å². The molecular weight excluding hydrogens is 322 g/mol. The molecule has 1 aromatic heterocycles. The molecule has 2 aromatic rings. The number of amides is 1. The molecule has 0 aliphatic heterocycles. The van der Waals surface area contributed by atoms with Crippen LogP contribution >= 0.6 is 0 Å². The Morgan fingerprint density at radius 3 is 2.50 bits per heavy atom. The lowest BCUT2D eigenvalue weighted by molar-refractivity contribution is 0.0416. The van der Waals surface area contributed by atoms with Gasteiger partial charge in [0.1, 0.15) is 0 Å². The topological polar surface area (TPSA) is 38.1 Å². The summed E-state index contributed by atoms with van der Waals surface area (Å²) in [7, 11) is 3.89. The highest BCUT2D eigenvalue weighted by molar-refractivity contribution is 6.00. The van der Waals surface area contributed by atoms with E-state index < -0.39 is 0 Å². The highest BCUT2D eigenvalue weighted by Gasteiger charge is 2.62. The number of rotatable bonds is 3. The molecule has 1 heterocycles. The van der Waals surface area contributed by atoms with E-state index in [4.69, 9.17) is 0 Å². The Kier molecular flexibility index (Phi) is 3.80. The second kappa shape index (κ2) is 5.70. The minimum Gasteiger partial charge on any atom is -0.338 e. The van der Waals surface area contributed by atoms with Crippen LogP contribution in [0, 0.1) is 16.7 Å². The molecule has 2 aliphatic carbocycles. The summed E-state index contributed by atoms with van der Waals surface area (Å²) in [5.74, 6) is 0.807. The van der Waals surface area contributed by atoms with Crippen molar-refractivity contribution in [3.05, 3.63) is 42.1 Å². The normalized spacial score (nSPS) is 29.1. The van der Waals surface area contributed by atoms with Crippen molar-refractivity contribution in [2.45, 2.75) is 46.1 Å². The average molecular weight is 351 g/mol. The van der Waals surface area contributed by atoms with Crippen LogP contribution in [0.1, 0.15) is 50.4 Å². The fourth-order valence-corrected chi connectivity index (χ4v) is 5.61. The summed E-state index contributed by atoms with van der Waals surface area (Å²) in [6.07, 6.45) is 5.35. The summed E-state index contributed by atoms with van der Waals surface area (Å²) >= 11 is 0. The molecule has 4 heteroatoms. The van der Waals surface area contributed by atoms with E-state index in [2.05, 4.69) is 25.9 Å². The third-order valence-electron chi connectivity index (χ3n) is 7.75. The highest BCUT2D eigenvalue weighted by atomic mass is 16.2. The van der Waals surface area contributed by atoms with Gasteiger partial charge >= 0.3 is 0 Å². The van der Waals surface area contributed by atoms with Gasteiger partial charge in [0.25, 0.3) is 5.91 Å². The number of carbonyl (C=O) groups is 1. The molecule has 4 nitrogen and oxygen atoms in total. The van der Waals surface area contributed by atoms with E-state index >= 15 is 0 Å². The number of aromatic nitrogens is 2. The van der Waals surface area contributed by atoms with Crippen molar-refractivity contribution in [1.82, 2.24) is 14.7 Å². The van der Waals surface area contributed by atoms with Crippen molar-refractivity contribution in [3.63, 3.8) is 0 Å². The monoisotopic (exact) mass is 351 g/mol. The maximum Gasteiger partial charge on any atom is 0.257 e. The van der Waals surface area contributed by atoms with Crippen LogP contribution in [0.25, 0.3) is 11.3 Å². The molecule has 26 heavy (non-hydrogen) atoms. The average Bonchev–Trinajstić information content (AvgIpc) is 3.18. The van der Waals surface area contributed by atoms with Gasteiger partial charge in [-0.25, -0.2) is 0 Å². The molecular formula is C22H29N3O. The summed E-state index contributed by atoms with van der Waals surface area (Å²) in [5.41, 5.74) is 3.12. The van der Waals surface area contributed by atoms with E-state index in [-0.39, 0.29) is 11.3 Å². The zero-order valence-electron chi connectivity index (χ0n) is 16.5. The lowest BCUT2D eigenvalue weighted by Crippen LogP contribution is -2.47. The van der Waals surface area contributed by atoms with Gasteiger partial charge in [-0.1, -0.05) is 51.1 Å². The number of hydrogen-bond donors (Lipinski definition) is 0. The SMILES string of the molecule is CN(C(=O)c1cnn(C)c1-c1ccccc1)[C@H]1C[C@H]2CC[C@]1(C)C2(C)C. The predicted octanol–water partition coefficient (Wildman–Crippen LogP) is 4.37. The number of fused-ring (bicyclic) bond motifs is 2. The fraction of sp³-hybridized carbons (Fsp3) is 0.545. The summed E-state index contributed by atoms with van der Waals surface area (Å²) in [6, 6.07) is 10.4. The molecule has 0 unspecified atom stereocenters. The van der Waals surface area contributed by atoms with Gasteiger partial charge in [-0.2, -0.15) is 5.10 Å². The molecule has 2 aliphatic rings. The van der Waals surface area contributed by atoms with Crippen molar-refractivity contribution < 1.29 is 4.79 Å². The van der Waals surface area contributed by atoms with Crippen LogP contribution < -0.4 is 0 Å². The van der Waals surface area contributed by atoms with Crippen LogP contribution in [0.5, 0.6) is 0 Å². The first-order valence-corrected chi connectivity index (χ1v) is 9.62.